The second-order valence-electron chi connectivity index (χ2n) is 2.72. The van der Waals surface area contributed by atoms with Crippen molar-refractivity contribution < 1.29 is 8.78 Å². The Labute approximate surface area is 71.1 Å². The molecule has 0 aromatic heterocycles. The Kier molecular flexibility index (Phi) is 5.78. The van der Waals surface area contributed by atoms with Gasteiger partial charge in [-0.25, -0.2) is 8.78 Å². The van der Waals surface area contributed by atoms with E-state index >= 15 is 0 Å². The summed E-state index contributed by atoms with van der Waals surface area (Å²) in [6.07, 6.45) is -2.28. The first-order chi connectivity index (χ1) is 5.07. The van der Waals surface area contributed by atoms with Crippen molar-refractivity contribution in [2.75, 3.05) is 12.4 Å². The molecule has 1 nitrogen and oxygen atoms in total. The highest BCUT2D eigenvalue weighted by atomic mass is 35.5. The van der Waals surface area contributed by atoms with Gasteiger partial charge >= 0.3 is 0 Å². The molecule has 0 radical (unpaired) electrons. The summed E-state index contributed by atoms with van der Waals surface area (Å²) in [5.41, 5.74) is 0. The first-order valence-electron chi connectivity index (χ1n) is 3.65. The molecular weight excluding hydrogens is 172 g/mol. The van der Waals surface area contributed by atoms with Gasteiger partial charge in [-0.2, -0.15) is 0 Å². The second kappa shape index (κ2) is 5.72. The summed E-state index contributed by atoms with van der Waals surface area (Å²) in [6, 6.07) is 0.0569. The van der Waals surface area contributed by atoms with E-state index in [2.05, 4.69) is 5.32 Å². The van der Waals surface area contributed by atoms with E-state index in [0.717, 1.165) is 0 Å². The van der Waals surface area contributed by atoms with E-state index in [1.807, 2.05) is 13.8 Å². The molecule has 2 unspecified atom stereocenters. The van der Waals surface area contributed by atoms with Crippen LogP contribution in [0.1, 0.15) is 13.8 Å². The van der Waals surface area contributed by atoms with Crippen LogP contribution in [-0.4, -0.2) is 24.9 Å². The van der Waals surface area contributed by atoms with Crippen LogP contribution in [0.5, 0.6) is 0 Å². The highest BCUT2D eigenvalue weighted by Crippen LogP contribution is 2.04. The highest BCUT2D eigenvalue weighted by Gasteiger charge is 2.11. The second-order valence-corrected chi connectivity index (χ2v) is 3.03. The third-order valence-corrected chi connectivity index (χ3v) is 2.18. The van der Waals surface area contributed by atoms with Gasteiger partial charge < -0.3 is 5.32 Å². The molecule has 0 heterocycles. The largest absolute Gasteiger partial charge is 0.309 e. The molecule has 0 spiro atoms. The van der Waals surface area contributed by atoms with Gasteiger partial charge in [0.15, 0.2) is 0 Å². The van der Waals surface area contributed by atoms with Crippen molar-refractivity contribution in [1.29, 1.82) is 0 Å². The summed E-state index contributed by atoms with van der Waals surface area (Å²) < 4.78 is 23.3. The molecule has 0 amide bonds. The first kappa shape index (κ1) is 11.1. The third-order valence-electron chi connectivity index (χ3n) is 1.69. The number of nitrogens with one attached hydrogen (secondary N) is 1. The topological polar surface area (TPSA) is 12.0 Å². The van der Waals surface area contributed by atoms with E-state index in [0.29, 0.717) is 5.88 Å². The molecule has 0 saturated carbocycles. The molecule has 0 aliphatic carbocycles. The molecule has 68 valence electrons. The Bertz CT molecular complexity index is 100. The van der Waals surface area contributed by atoms with Gasteiger partial charge in [-0.05, 0) is 12.8 Å². The van der Waals surface area contributed by atoms with Crippen LogP contribution in [0.25, 0.3) is 0 Å². The van der Waals surface area contributed by atoms with Crippen molar-refractivity contribution in [3.63, 3.8) is 0 Å². The number of alkyl halides is 3. The summed E-state index contributed by atoms with van der Waals surface area (Å²) in [6.45, 7) is 3.54. The van der Waals surface area contributed by atoms with Crippen LogP contribution in [-0.2, 0) is 0 Å². The molecule has 0 aromatic carbocycles. The monoisotopic (exact) mass is 185 g/mol. The maximum atomic E-state index is 11.7. The fraction of sp³-hybridized carbons (Fsp3) is 1.00. The minimum absolute atomic E-state index is 0.0569. The Morgan fingerprint density at radius 1 is 1.36 bits per heavy atom. The fourth-order valence-corrected chi connectivity index (χ4v) is 0.877. The van der Waals surface area contributed by atoms with Gasteiger partial charge in [-0.3, -0.25) is 0 Å². The lowest BCUT2D eigenvalue weighted by Crippen LogP contribution is -2.36. The lowest BCUT2D eigenvalue weighted by molar-refractivity contribution is 0.139. The normalized spacial score (nSPS) is 16.9. The van der Waals surface area contributed by atoms with E-state index in [4.69, 9.17) is 11.6 Å². The minimum atomic E-state index is -2.28. The minimum Gasteiger partial charge on any atom is -0.309 e. The van der Waals surface area contributed by atoms with E-state index in [9.17, 15) is 8.78 Å². The number of halogens is 3. The van der Waals surface area contributed by atoms with E-state index in [-0.39, 0.29) is 18.5 Å². The van der Waals surface area contributed by atoms with Gasteiger partial charge in [0, 0.05) is 11.9 Å². The van der Waals surface area contributed by atoms with Gasteiger partial charge in [0.2, 0.25) is 0 Å². The average molecular weight is 186 g/mol. The van der Waals surface area contributed by atoms with Crippen LogP contribution < -0.4 is 5.32 Å². The SMILES string of the molecule is CC(CCl)C(C)NCC(F)F. The van der Waals surface area contributed by atoms with Gasteiger partial charge in [0.25, 0.3) is 6.43 Å². The Morgan fingerprint density at radius 3 is 2.27 bits per heavy atom. The molecule has 0 aromatic rings. The molecule has 11 heavy (non-hydrogen) atoms. The predicted octanol–water partition coefficient (Wildman–Crippen LogP) is 2.10. The van der Waals surface area contributed by atoms with Gasteiger partial charge in [0.05, 0.1) is 6.54 Å². The van der Waals surface area contributed by atoms with E-state index < -0.39 is 6.43 Å². The van der Waals surface area contributed by atoms with E-state index in [1.54, 1.807) is 0 Å². The smallest absolute Gasteiger partial charge is 0.250 e. The standard InChI is InChI=1S/C7H14ClF2N/c1-5(3-8)6(2)11-4-7(9)10/h5-7,11H,3-4H2,1-2H3. The third kappa shape index (κ3) is 5.39. The molecular formula is C7H14ClF2N. The fourth-order valence-electron chi connectivity index (χ4n) is 0.610. The Balaban J connectivity index is 3.43. The first-order valence-corrected chi connectivity index (χ1v) is 4.18. The van der Waals surface area contributed by atoms with Crippen molar-refractivity contribution in [2.45, 2.75) is 26.3 Å². The zero-order valence-electron chi connectivity index (χ0n) is 6.78. The number of hydrogen-bond acceptors (Lipinski definition) is 1. The van der Waals surface area contributed by atoms with Crippen molar-refractivity contribution in [2.24, 2.45) is 5.92 Å². The Hall–Kier alpha value is 0.110. The maximum absolute atomic E-state index is 11.7. The van der Waals surface area contributed by atoms with Crippen LogP contribution >= 0.6 is 11.6 Å². The molecule has 2 atom stereocenters. The van der Waals surface area contributed by atoms with Crippen molar-refractivity contribution in [3.8, 4) is 0 Å². The molecule has 4 heteroatoms. The lowest BCUT2D eigenvalue weighted by Gasteiger charge is -2.18. The molecule has 1 N–H and O–H groups in total. The molecule has 0 bridgehead atoms. The summed E-state index contributed by atoms with van der Waals surface area (Å²) in [5, 5.41) is 2.70. The summed E-state index contributed by atoms with van der Waals surface area (Å²) in [5.74, 6) is 0.729. The maximum Gasteiger partial charge on any atom is 0.250 e. The Morgan fingerprint density at radius 2 is 1.91 bits per heavy atom. The van der Waals surface area contributed by atoms with Crippen LogP contribution in [0.15, 0.2) is 0 Å². The summed E-state index contributed by atoms with van der Waals surface area (Å²) >= 11 is 5.53. The lowest BCUT2D eigenvalue weighted by atomic mass is 10.1. The zero-order chi connectivity index (χ0) is 8.85. The van der Waals surface area contributed by atoms with Crippen molar-refractivity contribution in [1.82, 2.24) is 5.32 Å². The van der Waals surface area contributed by atoms with Gasteiger partial charge in [-0.1, -0.05) is 6.92 Å². The van der Waals surface area contributed by atoms with Crippen LogP contribution in [0, 0.1) is 5.92 Å². The summed E-state index contributed by atoms with van der Waals surface area (Å²) in [4.78, 5) is 0. The number of hydrogen-bond donors (Lipinski definition) is 1. The summed E-state index contributed by atoms with van der Waals surface area (Å²) in [7, 11) is 0. The molecule has 0 aliphatic heterocycles. The van der Waals surface area contributed by atoms with E-state index in [1.165, 1.54) is 0 Å². The average Bonchev–Trinajstić information content (AvgIpc) is 1.98. The quantitative estimate of drug-likeness (QED) is 0.647. The predicted molar refractivity (Wildman–Crippen MR) is 43.4 cm³/mol. The van der Waals surface area contributed by atoms with Crippen LogP contribution in [0.4, 0.5) is 8.78 Å². The van der Waals surface area contributed by atoms with Gasteiger partial charge in [0.1, 0.15) is 0 Å². The highest BCUT2D eigenvalue weighted by molar-refractivity contribution is 6.18. The van der Waals surface area contributed by atoms with Crippen molar-refractivity contribution in [3.05, 3.63) is 0 Å². The zero-order valence-corrected chi connectivity index (χ0v) is 7.54. The number of rotatable bonds is 5. The van der Waals surface area contributed by atoms with Crippen molar-refractivity contribution >= 4 is 11.6 Å². The molecule has 0 fully saturated rings. The van der Waals surface area contributed by atoms with Crippen LogP contribution in [0.3, 0.4) is 0 Å². The molecule has 0 rings (SSSR count). The molecule has 0 aliphatic rings. The molecule has 0 saturated heterocycles. The van der Waals surface area contributed by atoms with Crippen LogP contribution in [0.2, 0.25) is 0 Å². The van der Waals surface area contributed by atoms with Gasteiger partial charge in [-0.15, -0.1) is 11.6 Å².